The number of tetrazole rings is 1. The van der Waals surface area contributed by atoms with Crippen LogP contribution in [0.4, 0.5) is 0 Å². The Morgan fingerprint density at radius 3 is 2.11 bits per heavy atom. The van der Waals surface area contributed by atoms with Crippen LogP contribution in [0, 0.1) is 6.92 Å². The van der Waals surface area contributed by atoms with Gasteiger partial charge in [0, 0.05) is 6.04 Å². The lowest BCUT2D eigenvalue weighted by atomic mass is 9.96. The zero-order valence-electron chi connectivity index (χ0n) is 20.5. The molecule has 0 aliphatic heterocycles. The average Bonchev–Trinajstić information content (AvgIpc) is 3.33. The van der Waals surface area contributed by atoms with Crippen molar-refractivity contribution < 1.29 is 9.90 Å². The minimum Gasteiger partial charge on any atom is -0.481 e. The molecule has 1 heterocycles. The van der Waals surface area contributed by atoms with Crippen LogP contribution in [0.15, 0.2) is 78.9 Å². The molecule has 0 saturated heterocycles. The second kappa shape index (κ2) is 10.2. The summed E-state index contributed by atoms with van der Waals surface area (Å²) in [6.45, 7) is 8.13. The Balaban J connectivity index is 1.76. The van der Waals surface area contributed by atoms with E-state index >= 15 is 0 Å². The highest BCUT2D eigenvalue weighted by Crippen LogP contribution is 2.30. The monoisotopic (exact) mass is 469 g/mol. The van der Waals surface area contributed by atoms with Gasteiger partial charge in [-0.25, -0.2) is 4.68 Å². The molecule has 180 valence electrons. The van der Waals surface area contributed by atoms with E-state index in [1.54, 1.807) is 4.68 Å². The summed E-state index contributed by atoms with van der Waals surface area (Å²) in [5.41, 5.74) is 4.85. The maximum absolute atomic E-state index is 11.8. The molecular formula is C28H31N5O2. The molecule has 0 radical (unpaired) electrons. The van der Waals surface area contributed by atoms with Crippen LogP contribution in [0.2, 0.25) is 0 Å². The van der Waals surface area contributed by atoms with Crippen molar-refractivity contribution in [2.75, 3.05) is 0 Å². The van der Waals surface area contributed by atoms with Crippen molar-refractivity contribution in [2.45, 2.75) is 51.7 Å². The molecule has 0 fully saturated rings. The molecule has 4 aromatic rings. The molecule has 2 N–H and O–H groups in total. The molecule has 2 atom stereocenters. The number of carbonyl (C=O) groups is 1. The van der Waals surface area contributed by atoms with Crippen LogP contribution in [0.25, 0.3) is 11.1 Å². The van der Waals surface area contributed by atoms with Crippen molar-refractivity contribution >= 4 is 5.97 Å². The lowest BCUT2D eigenvalue weighted by Gasteiger charge is -2.28. The second-order valence-corrected chi connectivity index (χ2v) is 9.77. The Kier molecular flexibility index (Phi) is 7.07. The molecule has 0 bridgehead atoms. The summed E-state index contributed by atoms with van der Waals surface area (Å²) in [6.07, 6.45) is -0.0707. The van der Waals surface area contributed by atoms with Crippen molar-refractivity contribution in [1.82, 2.24) is 25.5 Å². The van der Waals surface area contributed by atoms with Crippen molar-refractivity contribution in [3.63, 3.8) is 0 Å². The van der Waals surface area contributed by atoms with Crippen LogP contribution in [-0.2, 0) is 10.3 Å². The quantitative estimate of drug-likeness (QED) is 0.364. The van der Waals surface area contributed by atoms with Gasteiger partial charge in [0.1, 0.15) is 0 Å². The third kappa shape index (κ3) is 5.81. The SMILES string of the molecule is Cc1ccc(C(CC(=O)O)NC(c2ccc(-c3ccccc3)cc2)c2nnnn2C(C)(C)C)cc1. The number of aliphatic carboxylic acids is 1. The highest BCUT2D eigenvalue weighted by Gasteiger charge is 2.30. The van der Waals surface area contributed by atoms with E-state index in [0.29, 0.717) is 5.82 Å². The number of hydrogen-bond acceptors (Lipinski definition) is 5. The number of nitrogens with zero attached hydrogens (tertiary/aromatic N) is 4. The molecule has 0 aliphatic carbocycles. The van der Waals surface area contributed by atoms with Gasteiger partial charge < -0.3 is 5.11 Å². The fraction of sp³-hybridized carbons (Fsp3) is 0.286. The summed E-state index contributed by atoms with van der Waals surface area (Å²) in [7, 11) is 0. The summed E-state index contributed by atoms with van der Waals surface area (Å²) in [4.78, 5) is 11.8. The van der Waals surface area contributed by atoms with E-state index in [9.17, 15) is 9.90 Å². The van der Waals surface area contributed by atoms with Gasteiger partial charge >= 0.3 is 5.97 Å². The first-order chi connectivity index (χ1) is 16.7. The molecule has 4 rings (SSSR count). The molecule has 35 heavy (non-hydrogen) atoms. The zero-order valence-corrected chi connectivity index (χ0v) is 20.5. The van der Waals surface area contributed by atoms with Crippen LogP contribution in [0.3, 0.4) is 0 Å². The fourth-order valence-electron chi connectivity index (χ4n) is 4.12. The van der Waals surface area contributed by atoms with Crippen molar-refractivity contribution in [1.29, 1.82) is 0 Å². The van der Waals surface area contributed by atoms with Gasteiger partial charge in [0.2, 0.25) is 0 Å². The van der Waals surface area contributed by atoms with E-state index in [1.165, 1.54) is 0 Å². The van der Waals surface area contributed by atoms with Gasteiger partial charge in [-0.05, 0) is 60.4 Å². The maximum atomic E-state index is 11.8. The Morgan fingerprint density at radius 2 is 1.51 bits per heavy atom. The third-order valence-electron chi connectivity index (χ3n) is 5.96. The van der Waals surface area contributed by atoms with E-state index in [-0.39, 0.29) is 12.0 Å². The van der Waals surface area contributed by atoms with Crippen molar-refractivity contribution in [3.8, 4) is 11.1 Å². The van der Waals surface area contributed by atoms with E-state index in [1.807, 2.05) is 70.2 Å². The number of carboxylic acids is 1. The lowest BCUT2D eigenvalue weighted by Crippen LogP contribution is -2.34. The summed E-state index contributed by atoms with van der Waals surface area (Å²) >= 11 is 0. The molecule has 0 saturated carbocycles. The number of aromatic nitrogens is 4. The van der Waals surface area contributed by atoms with Crippen LogP contribution < -0.4 is 5.32 Å². The first kappa shape index (κ1) is 24.3. The Labute approximate surface area is 205 Å². The van der Waals surface area contributed by atoms with Gasteiger partial charge in [-0.15, -0.1) is 5.10 Å². The Morgan fingerprint density at radius 1 is 0.914 bits per heavy atom. The Bertz CT molecular complexity index is 1260. The van der Waals surface area contributed by atoms with Gasteiger partial charge in [-0.1, -0.05) is 84.4 Å². The predicted octanol–water partition coefficient (Wildman–Crippen LogP) is 5.30. The molecule has 3 aromatic carbocycles. The van der Waals surface area contributed by atoms with Gasteiger partial charge in [-0.3, -0.25) is 10.1 Å². The van der Waals surface area contributed by atoms with Gasteiger partial charge in [0.05, 0.1) is 18.0 Å². The normalized spacial score (nSPS) is 13.4. The number of nitrogens with one attached hydrogen (secondary N) is 1. The van der Waals surface area contributed by atoms with Crippen molar-refractivity contribution in [3.05, 3.63) is 101 Å². The molecule has 0 aliphatic rings. The zero-order chi connectivity index (χ0) is 25.0. The molecule has 1 aromatic heterocycles. The third-order valence-corrected chi connectivity index (χ3v) is 5.96. The summed E-state index contributed by atoms with van der Waals surface area (Å²) in [6, 6.07) is 25.5. The van der Waals surface area contributed by atoms with Crippen LogP contribution >= 0.6 is 0 Å². The molecule has 0 spiro atoms. The molecule has 7 nitrogen and oxygen atoms in total. The average molecular weight is 470 g/mol. The maximum Gasteiger partial charge on any atom is 0.305 e. The van der Waals surface area contributed by atoms with E-state index in [0.717, 1.165) is 27.8 Å². The minimum absolute atomic E-state index is 0.0707. The highest BCUT2D eigenvalue weighted by molar-refractivity contribution is 5.68. The molecule has 0 amide bonds. The second-order valence-electron chi connectivity index (χ2n) is 9.77. The van der Waals surface area contributed by atoms with Crippen LogP contribution in [0.5, 0.6) is 0 Å². The predicted molar refractivity (Wildman–Crippen MR) is 136 cm³/mol. The van der Waals surface area contributed by atoms with Gasteiger partial charge in [0.15, 0.2) is 5.82 Å². The number of benzene rings is 3. The first-order valence-corrected chi connectivity index (χ1v) is 11.7. The Hall–Kier alpha value is -3.84. The highest BCUT2D eigenvalue weighted by atomic mass is 16.4. The summed E-state index contributed by atoms with van der Waals surface area (Å²) in [5.74, 6) is -0.246. The van der Waals surface area contributed by atoms with Gasteiger partial charge in [-0.2, -0.15) is 0 Å². The largest absolute Gasteiger partial charge is 0.481 e. The van der Waals surface area contributed by atoms with Gasteiger partial charge in [0.25, 0.3) is 0 Å². The van der Waals surface area contributed by atoms with Crippen molar-refractivity contribution in [2.24, 2.45) is 0 Å². The smallest absolute Gasteiger partial charge is 0.305 e. The molecular weight excluding hydrogens is 438 g/mol. The molecule has 2 unspecified atom stereocenters. The topological polar surface area (TPSA) is 92.9 Å². The van der Waals surface area contributed by atoms with Crippen LogP contribution in [-0.4, -0.2) is 31.3 Å². The number of aryl methyl sites for hydroxylation is 1. The fourth-order valence-corrected chi connectivity index (χ4v) is 4.12. The summed E-state index contributed by atoms with van der Waals surface area (Å²) in [5, 5.41) is 25.8. The standard InChI is InChI=1S/C28H31N5O2/c1-19-10-12-22(13-11-19)24(18-25(34)35)29-26(27-30-31-32-33(27)28(2,3)4)23-16-14-21(15-17-23)20-8-6-5-7-9-20/h5-17,24,26,29H,18H2,1-4H3,(H,34,35). The first-order valence-electron chi connectivity index (χ1n) is 11.7. The van der Waals surface area contributed by atoms with Crippen LogP contribution in [0.1, 0.15) is 61.8 Å². The molecule has 7 heteroatoms. The number of carboxylic acid groups (broad SMARTS) is 1. The number of hydrogen-bond donors (Lipinski definition) is 2. The van der Waals surface area contributed by atoms with E-state index in [2.05, 4.69) is 57.2 Å². The summed E-state index contributed by atoms with van der Waals surface area (Å²) < 4.78 is 1.79. The van der Waals surface area contributed by atoms with E-state index < -0.39 is 18.1 Å². The van der Waals surface area contributed by atoms with E-state index in [4.69, 9.17) is 0 Å². The minimum atomic E-state index is -0.878. The number of rotatable bonds is 8. The lowest BCUT2D eigenvalue weighted by molar-refractivity contribution is -0.137.